The number of aromatic nitrogens is 4. The minimum absolute atomic E-state index is 0.00270. The molecule has 0 saturated heterocycles. The van der Waals surface area contributed by atoms with Crippen LogP contribution in [0.1, 0.15) is 58.8 Å². The first-order valence-electron chi connectivity index (χ1n) is 20.4. The second-order valence-corrected chi connectivity index (χ2v) is 28.6. The lowest BCUT2D eigenvalue weighted by molar-refractivity contribution is -0.119. The highest BCUT2D eigenvalue weighted by molar-refractivity contribution is 6.76. The van der Waals surface area contributed by atoms with Crippen LogP contribution in [0.25, 0.3) is 22.8 Å². The predicted molar refractivity (Wildman–Crippen MR) is 235 cm³/mol. The molecule has 2 aromatic heterocycles. The average molecular weight is 845 g/mol. The van der Waals surface area contributed by atoms with E-state index in [1.54, 1.807) is 10.8 Å². The van der Waals surface area contributed by atoms with E-state index in [2.05, 4.69) is 55.3 Å². The van der Waals surface area contributed by atoms with Gasteiger partial charge in [0.15, 0.2) is 11.4 Å². The molecule has 0 saturated carbocycles. The summed E-state index contributed by atoms with van der Waals surface area (Å²) in [5.74, 6) is -0.0652. The Hall–Kier alpha value is -4.91. The number of hydrogen-bond donors (Lipinski definition) is 1. The van der Waals surface area contributed by atoms with Gasteiger partial charge >= 0.3 is 11.9 Å². The van der Waals surface area contributed by atoms with E-state index in [0.717, 1.165) is 58.6 Å². The molecule has 0 aliphatic carbocycles. The van der Waals surface area contributed by atoms with Crippen molar-refractivity contribution in [2.75, 3.05) is 43.2 Å². The van der Waals surface area contributed by atoms with E-state index in [-0.39, 0.29) is 29.9 Å². The van der Waals surface area contributed by atoms with Gasteiger partial charge in [0.2, 0.25) is 11.8 Å². The molecule has 2 aliphatic rings. The lowest BCUT2D eigenvalue weighted by Gasteiger charge is -2.17. The van der Waals surface area contributed by atoms with Gasteiger partial charge in [-0.3, -0.25) is 9.59 Å². The van der Waals surface area contributed by atoms with E-state index < -0.39 is 28.1 Å². The Bertz CT molecular complexity index is 2150. The van der Waals surface area contributed by atoms with Crippen molar-refractivity contribution in [1.29, 1.82) is 0 Å². The molecular formula is C43H60N6O8Si2. The number of carboxylic acid groups (broad SMARTS) is 1. The summed E-state index contributed by atoms with van der Waals surface area (Å²) in [7, 11) is -1.02. The largest absolute Gasteiger partial charge is 0.476 e. The number of carboxylic acids is 1. The number of hydrogen-bond acceptors (Lipinski definition) is 9. The van der Waals surface area contributed by atoms with Gasteiger partial charge in [-0.15, -0.1) is 0 Å². The van der Waals surface area contributed by atoms with Crippen molar-refractivity contribution in [1.82, 2.24) is 19.1 Å². The number of aromatic carboxylic acids is 1. The van der Waals surface area contributed by atoms with Gasteiger partial charge in [0.25, 0.3) is 0 Å². The van der Waals surface area contributed by atoms with Gasteiger partial charge in [0, 0.05) is 90.2 Å². The predicted octanol–water partition coefficient (Wildman–Crippen LogP) is 7.81. The molecule has 16 heteroatoms. The number of benzene rings is 2. The zero-order valence-corrected chi connectivity index (χ0v) is 38.1. The standard InChI is InChI=1S/C22H31N3O4Si.C21H29N3O4Si/c1-6-20(26)25-10-9-16-13-17(7-8-19(16)25)21-23-18(22(27)28-2)14-24(21)15-29-11-12-30(3,4)5;1-5-19(25)24-9-8-15-12-16(6-7-18(15)24)20-22-17(21(26)27)13-23(20)14-28-10-11-29(2,3)4/h7-8,13-14H,6,9-12,15H2,1-5H3;6-7,12-13H,5,8-11,14H2,1-4H3,(H,26,27). The molecule has 2 aromatic carbocycles. The van der Waals surface area contributed by atoms with E-state index in [1.165, 1.54) is 13.3 Å². The number of amides is 2. The van der Waals surface area contributed by atoms with Crippen molar-refractivity contribution < 1.29 is 38.5 Å². The molecule has 2 amide bonds. The first-order chi connectivity index (χ1) is 27.9. The van der Waals surface area contributed by atoms with Gasteiger partial charge in [0.05, 0.1) is 7.11 Å². The lowest BCUT2D eigenvalue weighted by Crippen LogP contribution is -2.27. The lowest BCUT2D eigenvalue weighted by atomic mass is 10.1. The summed E-state index contributed by atoms with van der Waals surface area (Å²) < 4.78 is 20.2. The highest BCUT2D eigenvalue weighted by Gasteiger charge is 2.27. The monoisotopic (exact) mass is 844 g/mol. The van der Waals surface area contributed by atoms with Crippen molar-refractivity contribution in [3.05, 3.63) is 71.3 Å². The first kappa shape index (κ1) is 45.2. The Kier molecular flexibility index (Phi) is 14.9. The van der Waals surface area contributed by atoms with E-state index in [9.17, 15) is 24.3 Å². The molecule has 6 rings (SSSR count). The van der Waals surface area contributed by atoms with Crippen LogP contribution in [0, 0.1) is 0 Å². The molecule has 0 bridgehead atoms. The van der Waals surface area contributed by atoms with E-state index in [1.807, 2.05) is 58.5 Å². The van der Waals surface area contributed by atoms with Gasteiger partial charge in [-0.1, -0.05) is 53.1 Å². The maximum atomic E-state index is 12.2. The Morgan fingerprint density at radius 2 is 1.10 bits per heavy atom. The first-order valence-corrected chi connectivity index (χ1v) is 27.8. The van der Waals surface area contributed by atoms with E-state index >= 15 is 0 Å². The molecular weight excluding hydrogens is 785 g/mol. The van der Waals surface area contributed by atoms with Crippen molar-refractivity contribution in [3.8, 4) is 22.8 Å². The van der Waals surface area contributed by atoms with Crippen LogP contribution in [0.15, 0.2) is 48.8 Å². The molecule has 14 nitrogen and oxygen atoms in total. The average Bonchev–Trinajstić information content (AvgIpc) is 4.01. The van der Waals surface area contributed by atoms with Crippen LogP contribution in [-0.2, 0) is 50.1 Å². The summed E-state index contributed by atoms with van der Waals surface area (Å²) in [6.45, 7) is 20.8. The fraction of sp³-hybridized carbons (Fsp3) is 0.488. The fourth-order valence-electron chi connectivity index (χ4n) is 6.86. The third kappa shape index (κ3) is 11.6. The molecule has 318 valence electrons. The Morgan fingerprint density at radius 1 is 0.678 bits per heavy atom. The zero-order valence-electron chi connectivity index (χ0n) is 36.1. The van der Waals surface area contributed by atoms with Crippen LogP contribution in [0.4, 0.5) is 11.4 Å². The quantitative estimate of drug-likeness (QED) is 0.0670. The third-order valence-electron chi connectivity index (χ3n) is 10.3. The number of carbonyl (C=O) groups is 4. The van der Waals surface area contributed by atoms with Crippen LogP contribution in [0.3, 0.4) is 0 Å². The van der Waals surface area contributed by atoms with Crippen molar-refractivity contribution >= 4 is 51.3 Å². The molecule has 2 aliphatic heterocycles. The second-order valence-electron chi connectivity index (χ2n) is 17.3. The normalized spacial score (nSPS) is 13.5. The minimum atomic E-state index is -1.19. The van der Waals surface area contributed by atoms with E-state index in [0.29, 0.717) is 57.5 Å². The number of carbonyl (C=O) groups excluding carboxylic acids is 3. The number of ether oxygens (including phenoxy) is 3. The summed E-state index contributed by atoms with van der Waals surface area (Å²) in [5.41, 5.74) is 6.06. The maximum Gasteiger partial charge on any atom is 0.358 e. The van der Waals surface area contributed by atoms with Crippen molar-refractivity contribution in [2.24, 2.45) is 0 Å². The van der Waals surface area contributed by atoms with Crippen LogP contribution >= 0.6 is 0 Å². The Balaban J connectivity index is 0.000000224. The summed E-state index contributed by atoms with van der Waals surface area (Å²) in [4.78, 5) is 60.2. The van der Waals surface area contributed by atoms with Crippen molar-refractivity contribution in [3.63, 3.8) is 0 Å². The molecule has 0 spiro atoms. The molecule has 1 N–H and O–H groups in total. The van der Waals surface area contributed by atoms with Gasteiger partial charge in [-0.25, -0.2) is 19.6 Å². The number of rotatable bonds is 16. The van der Waals surface area contributed by atoms with Gasteiger partial charge in [0.1, 0.15) is 25.1 Å². The molecule has 4 aromatic rings. The van der Waals surface area contributed by atoms with Crippen LogP contribution in [-0.4, -0.2) is 97.5 Å². The summed E-state index contributed by atoms with van der Waals surface area (Å²) >= 11 is 0. The number of anilines is 2. The summed E-state index contributed by atoms with van der Waals surface area (Å²) in [6, 6.07) is 13.9. The smallest absolute Gasteiger partial charge is 0.358 e. The molecule has 0 unspecified atom stereocenters. The fourth-order valence-corrected chi connectivity index (χ4v) is 8.37. The number of esters is 1. The highest BCUT2D eigenvalue weighted by atomic mass is 28.3. The minimum Gasteiger partial charge on any atom is -0.476 e. The number of imidazole rings is 2. The number of fused-ring (bicyclic) bond motifs is 2. The summed E-state index contributed by atoms with van der Waals surface area (Å²) in [6.07, 6.45) is 5.76. The SMILES string of the molecule is CCC(=O)N1CCc2cc(-c3nc(C(=O)O)cn3COCC[Si](C)(C)C)ccc21.CCC(=O)N1CCc2cc(-c3nc(C(=O)OC)cn3COCC[Si](C)(C)C)ccc21. The van der Waals surface area contributed by atoms with Crippen LogP contribution in [0.5, 0.6) is 0 Å². The molecule has 0 radical (unpaired) electrons. The zero-order chi connectivity index (χ0) is 43.1. The number of nitrogens with zero attached hydrogens (tertiary/aromatic N) is 6. The third-order valence-corrected chi connectivity index (χ3v) is 13.7. The molecule has 0 fully saturated rings. The number of methoxy groups -OCH3 is 1. The second kappa shape index (κ2) is 19.4. The van der Waals surface area contributed by atoms with Crippen LogP contribution < -0.4 is 9.80 Å². The molecule has 4 heterocycles. The molecule has 59 heavy (non-hydrogen) atoms. The maximum absolute atomic E-state index is 12.2. The van der Waals surface area contributed by atoms with Crippen LogP contribution in [0.2, 0.25) is 51.4 Å². The molecule has 0 atom stereocenters. The Morgan fingerprint density at radius 3 is 1.49 bits per heavy atom. The summed E-state index contributed by atoms with van der Waals surface area (Å²) in [5, 5.41) is 9.37. The van der Waals surface area contributed by atoms with Gasteiger partial charge in [-0.05, 0) is 72.5 Å². The topological polar surface area (TPSA) is 158 Å². The highest BCUT2D eigenvalue weighted by Crippen LogP contribution is 2.34. The van der Waals surface area contributed by atoms with E-state index in [4.69, 9.17) is 14.2 Å². The van der Waals surface area contributed by atoms with Gasteiger partial charge in [-0.2, -0.15) is 0 Å². The van der Waals surface area contributed by atoms with Crippen molar-refractivity contribution in [2.45, 2.75) is 104 Å². The van der Waals surface area contributed by atoms with Gasteiger partial charge < -0.3 is 38.3 Å². The Labute approximate surface area is 349 Å².